The van der Waals surface area contributed by atoms with Crippen molar-refractivity contribution in [2.45, 2.75) is 25.2 Å². The van der Waals surface area contributed by atoms with E-state index in [1.165, 1.54) is 11.4 Å². The molecule has 0 saturated carbocycles. The van der Waals surface area contributed by atoms with E-state index < -0.39 is 10.0 Å². The van der Waals surface area contributed by atoms with Crippen LogP contribution in [0.15, 0.2) is 21.6 Å². The molecule has 168 valence electrons. The predicted octanol–water partition coefficient (Wildman–Crippen LogP) is 1.61. The Hall–Kier alpha value is -2.79. The van der Waals surface area contributed by atoms with Crippen molar-refractivity contribution in [3.63, 3.8) is 0 Å². The number of methoxy groups -OCH3 is 1. The first-order valence-electron chi connectivity index (χ1n) is 10.0. The molecule has 4 rings (SSSR count). The summed E-state index contributed by atoms with van der Waals surface area (Å²) in [5.41, 5.74) is 0.737. The van der Waals surface area contributed by atoms with Gasteiger partial charge in [0.15, 0.2) is 17.3 Å². The lowest BCUT2D eigenvalue weighted by Gasteiger charge is -2.24. The van der Waals surface area contributed by atoms with E-state index in [0.29, 0.717) is 61.2 Å². The number of fused-ring (bicyclic) bond motifs is 1. The van der Waals surface area contributed by atoms with Gasteiger partial charge in [0.1, 0.15) is 23.8 Å². The van der Waals surface area contributed by atoms with Gasteiger partial charge in [0.05, 0.1) is 7.11 Å². The van der Waals surface area contributed by atoms with Gasteiger partial charge in [-0.3, -0.25) is 4.79 Å². The van der Waals surface area contributed by atoms with Crippen molar-refractivity contribution >= 4 is 15.9 Å². The highest BCUT2D eigenvalue weighted by Crippen LogP contribution is 2.40. The second kappa shape index (κ2) is 8.39. The molecule has 2 aliphatic rings. The zero-order chi connectivity index (χ0) is 22.2. The molecule has 11 heteroatoms. The number of aryl methyl sites for hydroxylation is 2. The molecule has 1 amide bonds. The van der Waals surface area contributed by atoms with Crippen LogP contribution in [0.3, 0.4) is 0 Å². The molecule has 0 unspecified atom stereocenters. The Morgan fingerprint density at radius 1 is 1.10 bits per heavy atom. The molecule has 1 fully saturated rings. The van der Waals surface area contributed by atoms with Crippen molar-refractivity contribution < 1.29 is 31.9 Å². The molecule has 31 heavy (non-hydrogen) atoms. The van der Waals surface area contributed by atoms with E-state index in [1.54, 1.807) is 30.9 Å². The Labute approximate surface area is 180 Å². The summed E-state index contributed by atoms with van der Waals surface area (Å²) in [5, 5.41) is 3.76. The highest BCUT2D eigenvalue weighted by atomic mass is 32.2. The minimum absolute atomic E-state index is 0.101. The van der Waals surface area contributed by atoms with Crippen LogP contribution < -0.4 is 14.2 Å². The van der Waals surface area contributed by atoms with E-state index in [-0.39, 0.29) is 29.7 Å². The second-order valence-corrected chi connectivity index (χ2v) is 9.28. The summed E-state index contributed by atoms with van der Waals surface area (Å²) in [6.45, 7) is 5.17. The third-order valence-corrected chi connectivity index (χ3v) is 7.53. The van der Waals surface area contributed by atoms with Gasteiger partial charge in [-0.2, -0.15) is 4.31 Å². The Balaban J connectivity index is 1.53. The zero-order valence-corrected chi connectivity index (χ0v) is 18.5. The summed E-state index contributed by atoms with van der Waals surface area (Å²) in [5.74, 6) is 1.42. The molecular weight excluding hydrogens is 426 g/mol. The number of aromatic nitrogens is 1. The molecule has 1 aromatic heterocycles. The van der Waals surface area contributed by atoms with Crippen molar-refractivity contribution in [2.24, 2.45) is 0 Å². The molecule has 0 radical (unpaired) electrons. The third kappa shape index (κ3) is 3.94. The number of carbonyl (C=O) groups is 1. The van der Waals surface area contributed by atoms with E-state index in [0.717, 1.165) is 0 Å². The number of hydrogen-bond acceptors (Lipinski definition) is 8. The second-order valence-electron chi connectivity index (χ2n) is 7.41. The molecule has 3 heterocycles. The highest BCUT2D eigenvalue weighted by molar-refractivity contribution is 7.89. The van der Waals surface area contributed by atoms with Gasteiger partial charge >= 0.3 is 0 Å². The molecule has 1 saturated heterocycles. The van der Waals surface area contributed by atoms with Gasteiger partial charge in [0.25, 0.3) is 5.91 Å². The maximum Gasteiger partial charge on any atom is 0.254 e. The first-order valence-corrected chi connectivity index (χ1v) is 11.5. The average Bonchev–Trinajstić information content (AvgIpc) is 2.95. The predicted molar refractivity (Wildman–Crippen MR) is 109 cm³/mol. The third-order valence-electron chi connectivity index (χ3n) is 5.38. The van der Waals surface area contributed by atoms with Crippen molar-refractivity contribution in [2.75, 3.05) is 46.5 Å². The molecule has 1 aromatic carbocycles. The fraction of sp³-hybridized carbons (Fsp3) is 0.500. The number of ether oxygens (including phenoxy) is 3. The summed E-state index contributed by atoms with van der Waals surface area (Å²) in [4.78, 5) is 14.9. The Kier molecular flexibility index (Phi) is 5.80. The number of hydrogen-bond donors (Lipinski definition) is 0. The van der Waals surface area contributed by atoms with Gasteiger partial charge in [-0.15, -0.1) is 0 Å². The monoisotopic (exact) mass is 451 g/mol. The minimum Gasteiger partial charge on any atom is -0.493 e. The molecule has 10 nitrogen and oxygen atoms in total. The highest BCUT2D eigenvalue weighted by Gasteiger charge is 2.33. The first-order chi connectivity index (χ1) is 14.8. The number of benzene rings is 1. The Morgan fingerprint density at radius 3 is 2.58 bits per heavy atom. The van der Waals surface area contributed by atoms with Gasteiger partial charge in [0, 0.05) is 31.7 Å². The van der Waals surface area contributed by atoms with Gasteiger partial charge in [-0.25, -0.2) is 8.42 Å². The smallest absolute Gasteiger partial charge is 0.254 e. The summed E-state index contributed by atoms with van der Waals surface area (Å²) in [6.07, 6.45) is 0.510. The van der Waals surface area contributed by atoms with Gasteiger partial charge in [-0.05, 0) is 32.4 Å². The van der Waals surface area contributed by atoms with Crippen LogP contribution in [-0.4, -0.2) is 75.2 Å². The number of nitrogens with zero attached hydrogens (tertiary/aromatic N) is 3. The fourth-order valence-electron chi connectivity index (χ4n) is 3.89. The molecule has 0 spiro atoms. The lowest BCUT2D eigenvalue weighted by atomic mass is 10.1. The summed E-state index contributed by atoms with van der Waals surface area (Å²) >= 11 is 0. The van der Waals surface area contributed by atoms with Crippen molar-refractivity contribution in [3.8, 4) is 17.2 Å². The van der Waals surface area contributed by atoms with Crippen molar-refractivity contribution in [3.05, 3.63) is 29.2 Å². The fourth-order valence-corrected chi connectivity index (χ4v) is 5.65. The van der Waals surface area contributed by atoms with Crippen LogP contribution in [0.1, 0.15) is 28.2 Å². The number of sulfonamides is 1. The largest absolute Gasteiger partial charge is 0.493 e. The van der Waals surface area contributed by atoms with Gasteiger partial charge in [-0.1, -0.05) is 5.16 Å². The Morgan fingerprint density at radius 2 is 1.87 bits per heavy atom. The number of carbonyl (C=O) groups excluding carboxylic acids is 1. The number of amides is 1. The maximum absolute atomic E-state index is 13.2. The first kappa shape index (κ1) is 21.4. The minimum atomic E-state index is -3.76. The van der Waals surface area contributed by atoms with Crippen LogP contribution in [0, 0.1) is 13.8 Å². The molecule has 0 N–H and O–H groups in total. The molecule has 0 aliphatic carbocycles. The van der Waals surface area contributed by atoms with Crippen LogP contribution in [0.5, 0.6) is 17.2 Å². The van der Waals surface area contributed by atoms with E-state index in [4.69, 9.17) is 18.7 Å². The SMILES string of the molecule is COc1cc(C(=O)N2CCCN(S(=O)(=O)c3c(C)noc3C)CC2)cc2c1OCCO2. The maximum atomic E-state index is 13.2. The quantitative estimate of drug-likeness (QED) is 0.689. The Bertz CT molecular complexity index is 1060. The van der Waals surface area contributed by atoms with Crippen LogP contribution in [0.4, 0.5) is 0 Å². The van der Waals surface area contributed by atoms with E-state index in [2.05, 4.69) is 5.16 Å². The summed E-state index contributed by atoms with van der Waals surface area (Å²) in [6, 6.07) is 3.27. The lowest BCUT2D eigenvalue weighted by molar-refractivity contribution is 0.0762. The average molecular weight is 452 g/mol. The molecule has 0 bridgehead atoms. The topological polar surface area (TPSA) is 111 Å². The normalized spacial score (nSPS) is 17.3. The molecular formula is C20H25N3O7S. The molecule has 2 aliphatic heterocycles. The van der Waals surface area contributed by atoms with Gasteiger partial charge < -0.3 is 23.6 Å². The van der Waals surface area contributed by atoms with Gasteiger partial charge in [0.2, 0.25) is 15.8 Å². The summed E-state index contributed by atoms with van der Waals surface area (Å²) in [7, 11) is -2.25. The van der Waals surface area contributed by atoms with Crippen LogP contribution in [0.2, 0.25) is 0 Å². The van der Waals surface area contributed by atoms with E-state index in [1.807, 2.05) is 0 Å². The van der Waals surface area contributed by atoms with Crippen LogP contribution in [-0.2, 0) is 10.0 Å². The lowest BCUT2D eigenvalue weighted by Crippen LogP contribution is -2.37. The number of rotatable bonds is 4. The summed E-state index contributed by atoms with van der Waals surface area (Å²) < 4.78 is 49.2. The van der Waals surface area contributed by atoms with E-state index in [9.17, 15) is 13.2 Å². The zero-order valence-electron chi connectivity index (χ0n) is 17.7. The standard InChI is InChI=1S/C20H25N3O7S/c1-13-19(14(2)30-21-13)31(25,26)23-6-4-5-22(7-8-23)20(24)15-11-16(27-3)18-17(12-15)28-9-10-29-18/h11-12H,4-10H2,1-3H3. The van der Waals surface area contributed by atoms with Crippen molar-refractivity contribution in [1.82, 2.24) is 14.4 Å². The van der Waals surface area contributed by atoms with E-state index >= 15 is 0 Å². The molecule has 0 atom stereocenters. The van der Waals surface area contributed by atoms with Crippen LogP contribution >= 0.6 is 0 Å². The van der Waals surface area contributed by atoms with Crippen molar-refractivity contribution in [1.29, 1.82) is 0 Å². The molecule has 2 aromatic rings. The van der Waals surface area contributed by atoms with Crippen LogP contribution in [0.25, 0.3) is 0 Å².